The molecule has 0 aliphatic heterocycles. The van der Waals surface area contributed by atoms with Gasteiger partial charge in [0.1, 0.15) is 0 Å². The molecule has 0 unspecified atom stereocenters. The zero-order chi connectivity index (χ0) is 13.6. The van der Waals surface area contributed by atoms with E-state index in [1.807, 2.05) is 24.3 Å². The van der Waals surface area contributed by atoms with Gasteiger partial charge in [0.05, 0.1) is 12.4 Å². The first-order chi connectivity index (χ1) is 8.42. The molecule has 1 aromatic rings. The summed E-state index contributed by atoms with van der Waals surface area (Å²) in [7, 11) is 0. The molecule has 0 spiro atoms. The topological polar surface area (TPSA) is 49.3 Å². The van der Waals surface area contributed by atoms with Crippen molar-refractivity contribution >= 4 is 17.7 Å². The number of aliphatic hydroxyl groups excluding tert-OH is 1. The van der Waals surface area contributed by atoms with Gasteiger partial charge >= 0.3 is 0 Å². The maximum atomic E-state index is 11.7. The molecule has 0 saturated carbocycles. The Hall–Kier alpha value is -1.00. The first-order valence-electron chi connectivity index (χ1n) is 6.00. The van der Waals surface area contributed by atoms with Crippen molar-refractivity contribution in [3.8, 4) is 0 Å². The minimum atomic E-state index is 0.00276. The molecule has 2 N–H and O–H groups in total. The van der Waals surface area contributed by atoms with Crippen molar-refractivity contribution in [2.75, 3.05) is 5.75 Å². The molecule has 0 saturated heterocycles. The third kappa shape index (κ3) is 5.56. The number of nitrogens with one attached hydrogen (secondary N) is 1. The van der Waals surface area contributed by atoms with E-state index >= 15 is 0 Å². The second-order valence-corrected chi connectivity index (χ2v) is 6.91. The van der Waals surface area contributed by atoms with Crippen LogP contribution in [0.2, 0.25) is 0 Å². The van der Waals surface area contributed by atoms with Crippen molar-refractivity contribution < 1.29 is 9.90 Å². The van der Waals surface area contributed by atoms with E-state index in [9.17, 15) is 9.90 Å². The summed E-state index contributed by atoms with van der Waals surface area (Å²) in [6.45, 7) is 6.74. The lowest BCUT2D eigenvalue weighted by molar-refractivity contribution is -0.118. The second-order valence-electron chi connectivity index (χ2n) is 5.10. The maximum Gasteiger partial charge on any atom is 0.230 e. The summed E-state index contributed by atoms with van der Waals surface area (Å²) >= 11 is 1.63. The fourth-order valence-electron chi connectivity index (χ4n) is 1.41. The SMILES string of the molecule is CC(C)(C)SCC(=O)NCc1ccccc1CO. The molecule has 0 bridgehead atoms. The molecule has 1 rings (SSSR count). The lowest BCUT2D eigenvalue weighted by Gasteiger charge is -2.17. The zero-order valence-corrected chi connectivity index (χ0v) is 12.0. The highest BCUT2D eigenvalue weighted by Crippen LogP contribution is 2.22. The molecule has 1 amide bonds. The molecule has 18 heavy (non-hydrogen) atoms. The number of amides is 1. The number of rotatable bonds is 5. The zero-order valence-electron chi connectivity index (χ0n) is 11.2. The van der Waals surface area contributed by atoms with Crippen LogP contribution < -0.4 is 5.32 Å². The van der Waals surface area contributed by atoms with Crippen LogP contribution in [0.5, 0.6) is 0 Å². The van der Waals surface area contributed by atoms with Crippen LogP contribution >= 0.6 is 11.8 Å². The van der Waals surface area contributed by atoms with Crippen molar-refractivity contribution in [1.82, 2.24) is 5.32 Å². The number of benzene rings is 1. The highest BCUT2D eigenvalue weighted by Gasteiger charge is 2.13. The largest absolute Gasteiger partial charge is 0.392 e. The maximum absolute atomic E-state index is 11.7. The van der Waals surface area contributed by atoms with Gasteiger partial charge in [0.25, 0.3) is 0 Å². The summed E-state index contributed by atoms with van der Waals surface area (Å²) < 4.78 is 0.0976. The number of carbonyl (C=O) groups excluding carboxylic acids is 1. The predicted molar refractivity (Wildman–Crippen MR) is 76.4 cm³/mol. The highest BCUT2D eigenvalue weighted by molar-refractivity contribution is 8.01. The van der Waals surface area contributed by atoms with Gasteiger partial charge in [-0.05, 0) is 11.1 Å². The molecule has 1 aromatic carbocycles. The third-order valence-electron chi connectivity index (χ3n) is 2.40. The van der Waals surface area contributed by atoms with Crippen molar-refractivity contribution in [2.24, 2.45) is 0 Å². The summed E-state index contributed by atoms with van der Waals surface area (Å²) in [6.07, 6.45) is 0. The Balaban J connectivity index is 2.43. The van der Waals surface area contributed by atoms with Crippen LogP contribution in [0.15, 0.2) is 24.3 Å². The molecule has 100 valence electrons. The van der Waals surface area contributed by atoms with Crippen LogP contribution in [-0.4, -0.2) is 21.5 Å². The molecular weight excluding hydrogens is 246 g/mol. The number of hydrogen-bond acceptors (Lipinski definition) is 3. The Kier molecular flexibility index (Phi) is 5.69. The minimum absolute atomic E-state index is 0.00276. The van der Waals surface area contributed by atoms with Crippen molar-refractivity contribution in [1.29, 1.82) is 0 Å². The first-order valence-corrected chi connectivity index (χ1v) is 6.99. The van der Waals surface area contributed by atoms with Crippen LogP contribution in [-0.2, 0) is 17.9 Å². The van der Waals surface area contributed by atoms with Gasteiger partial charge in [-0.3, -0.25) is 4.79 Å². The summed E-state index contributed by atoms with van der Waals surface area (Å²) in [6, 6.07) is 7.57. The molecule has 0 aromatic heterocycles. The molecule has 0 atom stereocenters. The van der Waals surface area contributed by atoms with Crippen LogP contribution in [0, 0.1) is 0 Å². The Bertz CT molecular complexity index is 399. The van der Waals surface area contributed by atoms with E-state index < -0.39 is 0 Å². The molecule has 4 heteroatoms. The van der Waals surface area contributed by atoms with Crippen molar-refractivity contribution in [3.05, 3.63) is 35.4 Å². The Labute approximate surface area is 113 Å². The quantitative estimate of drug-likeness (QED) is 0.861. The van der Waals surface area contributed by atoms with Crippen LogP contribution in [0.1, 0.15) is 31.9 Å². The smallest absolute Gasteiger partial charge is 0.230 e. The van der Waals surface area contributed by atoms with Gasteiger partial charge in [0, 0.05) is 11.3 Å². The normalized spacial score (nSPS) is 11.3. The number of aliphatic hydroxyl groups is 1. The van der Waals surface area contributed by atoms with E-state index in [0.29, 0.717) is 12.3 Å². The molecule has 0 aliphatic carbocycles. The molecule has 0 aliphatic rings. The molecule has 0 heterocycles. The first kappa shape index (κ1) is 15.1. The molecule has 0 radical (unpaired) electrons. The van der Waals surface area contributed by atoms with E-state index in [0.717, 1.165) is 11.1 Å². The third-order valence-corrected chi connectivity index (χ3v) is 3.67. The van der Waals surface area contributed by atoms with Crippen LogP contribution in [0.25, 0.3) is 0 Å². The van der Waals surface area contributed by atoms with Crippen LogP contribution in [0.3, 0.4) is 0 Å². The van der Waals surface area contributed by atoms with E-state index in [1.54, 1.807) is 11.8 Å². The van der Waals surface area contributed by atoms with Crippen molar-refractivity contribution in [3.63, 3.8) is 0 Å². The van der Waals surface area contributed by atoms with Gasteiger partial charge in [0.2, 0.25) is 5.91 Å². The van der Waals surface area contributed by atoms with E-state index in [4.69, 9.17) is 0 Å². The highest BCUT2D eigenvalue weighted by atomic mass is 32.2. The van der Waals surface area contributed by atoms with E-state index in [-0.39, 0.29) is 17.3 Å². The van der Waals surface area contributed by atoms with E-state index in [2.05, 4.69) is 26.1 Å². The predicted octanol–water partition coefficient (Wildman–Crippen LogP) is 2.33. The summed E-state index contributed by atoms with van der Waals surface area (Å²) in [5, 5.41) is 12.1. The van der Waals surface area contributed by atoms with Gasteiger partial charge in [-0.15, -0.1) is 11.8 Å². The summed E-state index contributed by atoms with van der Waals surface area (Å²) in [4.78, 5) is 11.7. The Morgan fingerprint density at radius 3 is 2.44 bits per heavy atom. The molecular formula is C14H21NO2S. The number of carbonyl (C=O) groups is 1. The van der Waals surface area contributed by atoms with Crippen LogP contribution in [0.4, 0.5) is 0 Å². The standard InChI is InChI=1S/C14H21NO2S/c1-14(2,3)18-10-13(17)15-8-11-6-4-5-7-12(11)9-16/h4-7,16H,8-10H2,1-3H3,(H,15,17). The fourth-order valence-corrected chi connectivity index (χ4v) is 2.08. The van der Waals surface area contributed by atoms with Gasteiger partial charge < -0.3 is 10.4 Å². The van der Waals surface area contributed by atoms with Gasteiger partial charge in [-0.2, -0.15) is 0 Å². The average Bonchev–Trinajstić information content (AvgIpc) is 2.33. The molecule has 3 nitrogen and oxygen atoms in total. The Morgan fingerprint density at radius 1 is 1.28 bits per heavy atom. The monoisotopic (exact) mass is 267 g/mol. The van der Waals surface area contributed by atoms with Gasteiger partial charge in [-0.1, -0.05) is 45.0 Å². The second kappa shape index (κ2) is 6.81. The van der Waals surface area contributed by atoms with E-state index in [1.165, 1.54) is 0 Å². The molecule has 0 fully saturated rings. The van der Waals surface area contributed by atoms with Gasteiger partial charge in [0.15, 0.2) is 0 Å². The fraction of sp³-hybridized carbons (Fsp3) is 0.500. The lowest BCUT2D eigenvalue weighted by Crippen LogP contribution is -2.27. The van der Waals surface area contributed by atoms with Crippen molar-refractivity contribution in [2.45, 2.75) is 38.7 Å². The summed E-state index contributed by atoms with van der Waals surface area (Å²) in [5.74, 6) is 0.493. The lowest BCUT2D eigenvalue weighted by atomic mass is 10.1. The minimum Gasteiger partial charge on any atom is -0.392 e. The average molecular weight is 267 g/mol. The Morgan fingerprint density at radius 2 is 1.89 bits per heavy atom. The number of thioether (sulfide) groups is 1. The summed E-state index contributed by atoms with van der Waals surface area (Å²) in [5.41, 5.74) is 1.83. The van der Waals surface area contributed by atoms with Gasteiger partial charge in [-0.25, -0.2) is 0 Å². The number of hydrogen-bond donors (Lipinski definition) is 2.